The summed E-state index contributed by atoms with van der Waals surface area (Å²) in [6.07, 6.45) is 1.60. The Kier molecular flexibility index (Phi) is 11.0. The number of urea groups is 1. The molecule has 222 valence electrons. The molecule has 4 aromatic rings. The van der Waals surface area contributed by atoms with Crippen LogP contribution in [0.25, 0.3) is 5.69 Å². The third-order valence-electron chi connectivity index (χ3n) is 5.89. The number of ether oxygens (including phenoxy) is 2. The number of benzene rings is 2. The Morgan fingerprint density at radius 1 is 1.05 bits per heavy atom. The fourth-order valence-corrected chi connectivity index (χ4v) is 3.82. The fraction of sp³-hybridized carbons (Fsp3) is 0.290. The number of aryl methyl sites for hydroxylation is 1. The molecule has 11 heteroatoms. The van der Waals surface area contributed by atoms with Crippen LogP contribution in [0.3, 0.4) is 0 Å². The number of hydrogen-bond acceptors (Lipinski definition) is 6. The smallest absolute Gasteiger partial charge is 0.324 e. The van der Waals surface area contributed by atoms with Crippen molar-refractivity contribution in [3.63, 3.8) is 0 Å². The standard InChI is InChI=1S/C30H32FN5O4.CH3I/c1-19-6-8-21(9-7-19)36-28(17-27(35-36)30(2,3)4)34-29(38)33-26-11-10-23(16-25(26)31)40-24-12-13-32-20(15-24)14-22(37)18-39-5;1-2/h6-13,15-17H,14,18H2,1-5H3,(H2,33,34,38);1H3/i;1D. The molecule has 0 fully saturated rings. The second-order valence-corrected chi connectivity index (χ2v) is 10.4. The second kappa shape index (κ2) is 14.9. The van der Waals surface area contributed by atoms with Gasteiger partial charge < -0.3 is 14.8 Å². The van der Waals surface area contributed by atoms with Crippen molar-refractivity contribution in [1.29, 1.82) is 0 Å². The number of ketones is 1. The van der Waals surface area contributed by atoms with Gasteiger partial charge in [0.25, 0.3) is 0 Å². The van der Waals surface area contributed by atoms with Crippen LogP contribution in [0.2, 0.25) is 0 Å². The monoisotopic (exact) mass is 688 g/mol. The number of methoxy groups -OCH3 is 1. The molecule has 0 atom stereocenters. The predicted molar refractivity (Wildman–Crippen MR) is 171 cm³/mol. The first-order valence-corrected chi connectivity index (χ1v) is 14.5. The zero-order valence-corrected chi connectivity index (χ0v) is 26.4. The van der Waals surface area contributed by atoms with Crippen LogP contribution >= 0.6 is 22.6 Å². The maximum Gasteiger partial charge on any atom is 0.324 e. The Balaban J connectivity index is 0.00000162. The van der Waals surface area contributed by atoms with Crippen molar-refractivity contribution in [3.8, 4) is 17.2 Å². The van der Waals surface area contributed by atoms with Crippen molar-refractivity contribution < 1.29 is 24.8 Å². The zero-order chi connectivity index (χ0) is 31.6. The van der Waals surface area contributed by atoms with Crippen LogP contribution in [0.15, 0.2) is 66.9 Å². The quantitative estimate of drug-likeness (QED) is 0.142. The Bertz CT molecular complexity index is 1540. The molecule has 0 aliphatic rings. The number of hydrogen-bond donors (Lipinski definition) is 2. The van der Waals surface area contributed by atoms with Crippen LogP contribution in [-0.4, -0.2) is 45.2 Å². The summed E-state index contributed by atoms with van der Waals surface area (Å²) < 4.78 is 33.4. The number of nitrogens with one attached hydrogen (secondary N) is 2. The summed E-state index contributed by atoms with van der Waals surface area (Å²) in [6.45, 7) is 8.08. The van der Waals surface area contributed by atoms with Crippen LogP contribution in [0, 0.1) is 12.7 Å². The molecule has 0 spiro atoms. The number of carbonyl (C=O) groups is 2. The van der Waals surface area contributed by atoms with Crippen LogP contribution in [0.5, 0.6) is 11.5 Å². The summed E-state index contributed by atoms with van der Waals surface area (Å²) in [5.41, 5.74) is 2.91. The van der Waals surface area contributed by atoms with Crippen molar-refractivity contribution >= 4 is 45.9 Å². The number of halogens is 2. The Hall–Kier alpha value is -3.84. The Labute approximate surface area is 260 Å². The summed E-state index contributed by atoms with van der Waals surface area (Å²) in [7, 11) is 1.45. The molecule has 0 radical (unpaired) electrons. The van der Waals surface area contributed by atoms with E-state index in [2.05, 4.69) is 15.6 Å². The highest BCUT2D eigenvalue weighted by atomic mass is 127. The van der Waals surface area contributed by atoms with E-state index in [9.17, 15) is 14.0 Å². The minimum Gasteiger partial charge on any atom is -0.457 e. The van der Waals surface area contributed by atoms with Gasteiger partial charge in [-0.1, -0.05) is 61.1 Å². The minimum absolute atomic E-state index is 0.00788. The molecular formula is C31H35FIN5O4. The van der Waals surface area contributed by atoms with Gasteiger partial charge in [0, 0.05) is 38.3 Å². The molecule has 42 heavy (non-hydrogen) atoms. The number of nitrogens with zero attached hydrogens (tertiary/aromatic N) is 3. The average Bonchev–Trinajstić information content (AvgIpc) is 3.36. The number of alkyl halides is 1. The van der Waals surface area contributed by atoms with Gasteiger partial charge >= 0.3 is 6.03 Å². The summed E-state index contributed by atoms with van der Waals surface area (Å²) in [4.78, 5) is 29.3. The van der Waals surface area contributed by atoms with Gasteiger partial charge in [0.2, 0.25) is 0 Å². The Morgan fingerprint density at radius 2 is 1.74 bits per heavy atom. The van der Waals surface area contributed by atoms with Gasteiger partial charge in [-0.15, -0.1) is 0 Å². The fourth-order valence-electron chi connectivity index (χ4n) is 3.82. The van der Waals surface area contributed by atoms with E-state index >= 15 is 0 Å². The highest BCUT2D eigenvalue weighted by molar-refractivity contribution is 14.1. The maximum absolute atomic E-state index is 14.9. The lowest BCUT2D eigenvalue weighted by Crippen LogP contribution is -2.22. The highest BCUT2D eigenvalue weighted by Gasteiger charge is 2.22. The third-order valence-corrected chi connectivity index (χ3v) is 5.89. The summed E-state index contributed by atoms with van der Waals surface area (Å²) in [5.74, 6) is 0.260. The van der Waals surface area contributed by atoms with Crippen molar-refractivity contribution in [2.45, 2.75) is 39.5 Å². The second-order valence-electron chi connectivity index (χ2n) is 10.4. The molecule has 0 saturated heterocycles. The van der Waals surface area contributed by atoms with E-state index in [1.54, 1.807) is 22.9 Å². The molecule has 2 amide bonds. The molecule has 9 nitrogen and oxygen atoms in total. The number of carbonyl (C=O) groups excluding carboxylic acids is 2. The molecule has 2 aromatic carbocycles. The number of Topliss-reactive ketones (excluding diaryl/α,β-unsaturated/α-hetero) is 1. The summed E-state index contributed by atoms with van der Waals surface area (Å²) in [6, 6.07) is 16.3. The SMILES string of the molecule is COCC(=O)Cc1cc(Oc2ccc(NC(=O)Nc3cc(C(C)(C)C)nn3-c3ccc(C)cc3)c(F)c2)ccn1.[2H]CI. The molecule has 0 bridgehead atoms. The number of rotatable bonds is 9. The lowest BCUT2D eigenvalue weighted by molar-refractivity contribution is -0.122. The molecule has 0 aliphatic heterocycles. The predicted octanol–water partition coefficient (Wildman–Crippen LogP) is 7.26. The molecule has 0 unspecified atom stereocenters. The minimum atomic E-state index is -0.681. The number of amides is 2. The molecule has 2 N–H and O–H groups in total. The number of aromatic nitrogens is 3. The van der Waals surface area contributed by atoms with Gasteiger partial charge in [0.05, 0.1) is 29.2 Å². The van der Waals surface area contributed by atoms with E-state index in [0.29, 0.717) is 22.2 Å². The van der Waals surface area contributed by atoms with Crippen LogP contribution in [0.1, 0.15) is 39.1 Å². The van der Waals surface area contributed by atoms with E-state index in [1.807, 2.05) is 74.6 Å². The van der Waals surface area contributed by atoms with Crippen LogP contribution in [0.4, 0.5) is 20.7 Å². The van der Waals surface area contributed by atoms with Crippen LogP contribution in [-0.2, 0) is 21.4 Å². The molecule has 2 heterocycles. The van der Waals surface area contributed by atoms with Gasteiger partial charge in [-0.3, -0.25) is 15.1 Å². The summed E-state index contributed by atoms with van der Waals surface area (Å²) >= 11 is 1.96. The molecule has 0 aliphatic carbocycles. The lowest BCUT2D eigenvalue weighted by Gasteiger charge is -2.14. The summed E-state index contributed by atoms with van der Waals surface area (Å²) in [5, 5.41) is 10.0. The first kappa shape index (κ1) is 31.1. The van der Waals surface area contributed by atoms with Crippen molar-refractivity contribution in [3.05, 3.63) is 89.6 Å². The lowest BCUT2D eigenvalue weighted by atomic mass is 9.92. The molecule has 4 rings (SSSR count). The van der Waals surface area contributed by atoms with E-state index < -0.39 is 11.8 Å². The van der Waals surface area contributed by atoms with E-state index in [4.69, 9.17) is 15.9 Å². The highest BCUT2D eigenvalue weighted by Crippen LogP contribution is 2.28. The van der Waals surface area contributed by atoms with Crippen molar-refractivity contribution in [2.24, 2.45) is 0 Å². The normalized spacial score (nSPS) is 11.2. The average molecular weight is 689 g/mol. The number of pyridine rings is 1. The van der Waals surface area contributed by atoms with Crippen molar-refractivity contribution in [2.75, 3.05) is 29.3 Å². The topological polar surface area (TPSA) is 107 Å². The van der Waals surface area contributed by atoms with Gasteiger partial charge in [0.15, 0.2) is 5.78 Å². The molecule has 2 aromatic heterocycles. The van der Waals surface area contributed by atoms with Crippen LogP contribution < -0.4 is 15.4 Å². The van der Waals surface area contributed by atoms with Gasteiger partial charge in [-0.2, -0.15) is 5.10 Å². The Morgan fingerprint density at radius 3 is 2.38 bits per heavy atom. The largest absolute Gasteiger partial charge is 0.457 e. The van der Waals surface area contributed by atoms with Crippen molar-refractivity contribution in [1.82, 2.24) is 14.8 Å². The van der Waals surface area contributed by atoms with Gasteiger partial charge in [0.1, 0.15) is 29.7 Å². The first-order chi connectivity index (χ1) is 20.4. The zero-order valence-electron chi connectivity index (χ0n) is 25.2. The van der Waals surface area contributed by atoms with E-state index in [-0.39, 0.29) is 35.7 Å². The molecule has 0 saturated carbocycles. The van der Waals surface area contributed by atoms with Gasteiger partial charge in [-0.25, -0.2) is 13.9 Å². The van der Waals surface area contributed by atoms with Gasteiger partial charge in [-0.05, 0) is 42.2 Å². The maximum atomic E-state index is 14.9. The molecular weight excluding hydrogens is 652 g/mol. The number of anilines is 2. The third kappa shape index (κ3) is 9.08. The van der Waals surface area contributed by atoms with E-state index in [0.717, 1.165) is 16.9 Å². The van der Waals surface area contributed by atoms with E-state index in [1.165, 1.54) is 31.5 Å². The first-order valence-electron chi connectivity index (χ1n) is 13.7.